The van der Waals surface area contributed by atoms with E-state index in [0.29, 0.717) is 4.47 Å². The minimum Gasteiger partial charge on any atom is -0.464 e. The molecule has 26 heavy (non-hydrogen) atoms. The molecule has 0 spiro atoms. The summed E-state index contributed by atoms with van der Waals surface area (Å²) in [5, 5.41) is 20.9. The highest BCUT2D eigenvalue weighted by atomic mass is 79.9. The molecular formula is C17H17BrN4O4. The van der Waals surface area contributed by atoms with Gasteiger partial charge in [-0.1, -0.05) is 20.8 Å². The summed E-state index contributed by atoms with van der Waals surface area (Å²) in [5.74, 6) is -0.801. The number of hydrogen-bond donors (Lipinski definition) is 1. The Bertz CT molecular complexity index is 951. The summed E-state index contributed by atoms with van der Waals surface area (Å²) >= 11 is 3.36. The van der Waals surface area contributed by atoms with Gasteiger partial charge in [-0.25, -0.2) is 4.79 Å². The third-order valence-electron chi connectivity index (χ3n) is 3.89. The number of hydrogen-bond acceptors (Lipinski definition) is 6. The Kier molecular flexibility index (Phi) is 5.09. The van der Waals surface area contributed by atoms with E-state index in [2.05, 4.69) is 15.9 Å². The van der Waals surface area contributed by atoms with Crippen LogP contribution in [-0.2, 0) is 10.2 Å². The van der Waals surface area contributed by atoms with Crippen molar-refractivity contribution in [2.24, 2.45) is 0 Å². The molecule has 2 N–H and O–H groups in total. The largest absolute Gasteiger partial charge is 0.464 e. The van der Waals surface area contributed by atoms with Gasteiger partial charge in [-0.2, -0.15) is 5.26 Å². The zero-order valence-corrected chi connectivity index (χ0v) is 16.2. The summed E-state index contributed by atoms with van der Waals surface area (Å²) in [4.78, 5) is 23.3. The number of aromatic nitrogens is 1. The van der Waals surface area contributed by atoms with Gasteiger partial charge in [0.25, 0.3) is 5.69 Å². The van der Waals surface area contributed by atoms with Crippen molar-refractivity contribution in [1.29, 1.82) is 5.26 Å². The summed E-state index contributed by atoms with van der Waals surface area (Å²) < 4.78 is 6.33. The van der Waals surface area contributed by atoms with Crippen LogP contribution in [0.3, 0.4) is 0 Å². The maximum Gasteiger partial charge on any atom is 0.357 e. The first-order chi connectivity index (χ1) is 12.0. The highest BCUT2D eigenvalue weighted by Crippen LogP contribution is 2.38. The molecule has 0 bridgehead atoms. The number of nitro benzene ring substituents is 1. The normalized spacial score (nSPS) is 11.1. The van der Waals surface area contributed by atoms with Crippen LogP contribution in [0.2, 0.25) is 0 Å². The molecule has 0 aliphatic rings. The van der Waals surface area contributed by atoms with Gasteiger partial charge < -0.3 is 15.0 Å². The highest BCUT2D eigenvalue weighted by Gasteiger charge is 2.29. The Hall–Kier alpha value is -2.86. The molecule has 0 aliphatic heterocycles. The van der Waals surface area contributed by atoms with Gasteiger partial charge in [0.05, 0.1) is 23.3 Å². The van der Waals surface area contributed by atoms with E-state index >= 15 is 0 Å². The van der Waals surface area contributed by atoms with Crippen LogP contribution in [0.5, 0.6) is 0 Å². The lowest BCUT2D eigenvalue weighted by molar-refractivity contribution is -0.384. The van der Waals surface area contributed by atoms with Crippen molar-refractivity contribution in [3.8, 4) is 11.8 Å². The number of carbonyl (C=O) groups is 1. The second kappa shape index (κ2) is 6.80. The van der Waals surface area contributed by atoms with Gasteiger partial charge in [0.2, 0.25) is 0 Å². The summed E-state index contributed by atoms with van der Waals surface area (Å²) in [6, 6.07) is 5.06. The van der Waals surface area contributed by atoms with Crippen LogP contribution in [0.1, 0.15) is 42.4 Å². The van der Waals surface area contributed by atoms with Gasteiger partial charge in [-0.3, -0.25) is 10.1 Å². The van der Waals surface area contributed by atoms with Crippen LogP contribution < -0.4 is 5.73 Å². The molecule has 0 radical (unpaired) electrons. The number of methoxy groups -OCH3 is 1. The summed E-state index contributed by atoms with van der Waals surface area (Å²) in [6.07, 6.45) is 1.28. The SMILES string of the molecule is COC(=O)c1c(N)c(C#N)cn1-c1c(Br)cc(C(C)(C)C)cc1[N+](=O)[O-]. The van der Waals surface area contributed by atoms with Gasteiger partial charge in [0.1, 0.15) is 11.8 Å². The van der Waals surface area contributed by atoms with E-state index < -0.39 is 10.9 Å². The molecule has 0 unspecified atom stereocenters. The first-order valence-corrected chi connectivity index (χ1v) is 8.30. The van der Waals surface area contributed by atoms with Crippen LogP contribution in [0.15, 0.2) is 22.8 Å². The first-order valence-electron chi connectivity index (χ1n) is 7.51. The number of nitriles is 1. The van der Waals surface area contributed by atoms with E-state index in [-0.39, 0.29) is 33.7 Å². The fraction of sp³-hybridized carbons (Fsp3) is 0.294. The molecule has 1 aromatic carbocycles. The van der Waals surface area contributed by atoms with Crippen LogP contribution in [-0.4, -0.2) is 22.6 Å². The molecule has 0 fully saturated rings. The van der Waals surface area contributed by atoms with Crippen molar-refractivity contribution in [2.45, 2.75) is 26.2 Å². The highest BCUT2D eigenvalue weighted by molar-refractivity contribution is 9.10. The van der Waals surface area contributed by atoms with Crippen molar-refractivity contribution in [3.63, 3.8) is 0 Å². The summed E-state index contributed by atoms with van der Waals surface area (Å²) in [6.45, 7) is 5.79. The average molecular weight is 421 g/mol. The number of rotatable bonds is 3. The van der Waals surface area contributed by atoms with Crippen LogP contribution in [0.4, 0.5) is 11.4 Å². The molecule has 0 amide bonds. The van der Waals surface area contributed by atoms with Gasteiger partial charge in [-0.05, 0) is 33.0 Å². The number of nitro groups is 1. The van der Waals surface area contributed by atoms with E-state index in [1.807, 2.05) is 26.8 Å². The fourth-order valence-electron chi connectivity index (χ4n) is 2.49. The molecule has 0 aliphatic carbocycles. The summed E-state index contributed by atoms with van der Waals surface area (Å²) in [5.41, 5.74) is 5.93. The minimum absolute atomic E-state index is 0.0199. The van der Waals surface area contributed by atoms with Gasteiger partial charge >= 0.3 is 5.97 Å². The predicted molar refractivity (Wildman–Crippen MR) is 99.3 cm³/mol. The number of nitrogens with zero attached hydrogens (tertiary/aromatic N) is 3. The Morgan fingerprint density at radius 2 is 2.04 bits per heavy atom. The van der Waals surface area contributed by atoms with E-state index in [4.69, 9.17) is 10.5 Å². The van der Waals surface area contributed by atoms with E-state index in [1.165, 1.54) is 16.8 Å². The molecule has 0 atom stereocenters. The maximum atomic E-state index is 12.2. The standard InChI is InChI=1S/C17H17BrN4O4/c1-17(2,3)10-5-11(18)14(12(6-10)22(24)25)21-8-9(7-19)13(20)15(21)16(23)26-4/h5-6,8H,20H2,1-4H3. The smallest absolute Gasteiger partial charge is 0.357 e. The van der Waals surface area contributed by atoms with Crippen molar-refractivity contribution < 1.29 is 14.5 Å². The monoisotopic (exact) mass is 420 g/mol. The first kappa shape index (κ1) is 19.5. The lowest BCUT2D eigenvalue weighted by Crippen LogP contribution is -2.15. The molecule has 1 aromatic heterocycles. The fourth-order valence-corrected chi connectivity index (χ4v) is 3.13. The van der Waals surface area contributed by atoms with Crippen molar-refractivity contribution in [1.82, 2.24) is 4.57 Å². The van der Waals surface area contributed by atoms with Crippen LogP contribution >= 0.6 is 15.9 Å². The lowest BCUT2D eigenvalue weighted by Gasteiger charge is -2.21. The quantitative estimate of drug-likeness (QED) is 0.458. The molecule has 9 heteroatoms. The number of nitrogens with two attached hydrogens (primary N) is 1. The number of benzene rings is 1. The Morgan fingerprint density at radius 1 is 1.42 bits per heavy atom. The third kappa shape index (κ3) is 3.28. The minimum atomic E-state index is -0.801. The molecule has 2 aromatic rings. The maximum absolute atomic E-state index is 12.2. The number of anilines is 1. The van der Waals surface area contributed by atoms with E-state index in [0.717, 1.165) is 12.7 Å². The average Bonchev–Trinajstić information content (AvgIpc) is 2.88. The molecule has 136 valence electrons. The second-order valence-electron chi connectivity index (χ2n) is 6.61. The Balaban J connectivity index is 2.92. The molecule has 8 nitrogen and oxygen atoms in total. The summed E-state index contributed by atoms with van der Waals surface area (Å²) in [7, 11) is 1.16. The van der Waals surface area contributed by atoms with Gasteiger partial charge in [0, 0.05) is 16.7 Å². The number of esters is 1. The topological polar surface area (TPSA) is 124 Å². The zero-order chi connectivity index (χ0) is 19.8. The molecule has 1 heterocycles. The van der Waals surface area contributed by atoms with E-state index in [1.54, 1.807) is 6.07 Å². The van der Waals surface area contributed by atoms with E-state index in [9.17, 15) is 20.2 Å². The predicted octanol–water partition coefficient (Wildman–Crippen LogP) is 3.69. The molecule has 0 saturated carbocycles. The number of nitrogen functional groups attached to an aromatic ring is 1. The molecule has 0 saturated heterocycles. The Labute approximate surface area is 158 Å². The second-order valence-corrected chi connectivity index (χ2v) is 7.47. The van der Waals surface area contributed by atoms with Crippen LogP contribution in [0.25, 0.3) is 5.69 Å². The lowest BCUT2D eigenvalue weighted by atomic mass is 9.86. The number of halogens is 1. The van der Waals surface area contributed by atoms with Crippen molar-refractivity contribution >= 4 is 33.3 Å². The van der Waals surface area contributed by atoms with Crippen molar-refractivity contribution in [3.05, 3.63) is 49.7 Å². The van der Waals surface area contributed by atoms with Gasteiger partial charge in [-0.15, -0.1) is 0 Å². The number of carbonyl (C=O) groups excluding carboxylic acids is 1. The van der Waals surface area contributed by atoms with Crippen molar-refractivity contribution in [2.75, 3.05) is 12.8 Å². The third-order valence-corrected chi connectivity index (χ3v) is 4.49. The molecular weight excluding hydrogens is 404 g/mol. The zero-order valence-electron chi connectivity index (χ0n) is 14.7. The Morgan fingerprint density at radius 3 is 2.50 bits per heavy atom. The van der Waals surface area contributed by atoms with Crippen LogP contribution in [0, 0.1) is 21.4 Å². The van der Waals surface area contributed by atoms with Gasteiger partial charge in [0.15, 0.2) is 5.69 Å². The molecule has 2 rings (SSSR count). The number of ether oxygens (including phenoxy) is 1.